The number of aryl methyl sites for hydroxylation is 2. The van der Waals surface area contributed by atoms with Crippen LogP contribution in [0, 0.1) is 25.1 Å². The summed E-state index contributed by atoms with van der Waals surface area (Å²) in [6, 6.07) is 3.29. The van der Waals surface area contributed by atoms with Gasteiger partial charge in [-0.2, -0.15) is 0 Å². The van der Waals surface area contributed by atoms with Gasteiger partial charge in [-0.05, 0) is 80.4 Å². The van der Waals surface area contributed by atoms with Crippen molar-refractivity contribution < 1.29 is 4.39 Å². The second-order valence-electron chi connectivity index (χ2n) is 6.29. The van der Waals surface area contributed by atoms with E-state index in [1.54, 1.807) is 12.1 Å². The van der Waals surface area contributed by atoms with Gasteiger partial charge in [0.2, 0.25) is 0 Å². The molecule has 0 bridgehead atoms. The molecule has 0 radical (unpaired) electrons. The molecule has 0 saturated carbocycles. The smallest absolute Gasteiger partial charge is 0.123 e. The van der Waals surface area contributed by atoms with Crippen molar-refractivity contribution in [1.29, 1.82) is 0 Å². The van der Waals surface area contributed by atoms with E-state index < -0.39 is 0 Å². The van der Waals surface area contributed by atoms with Gasteiger partial charge in [0, 0.05) is 0 Å². The second-order valence-corrected chi connectivity index (χ2v) is 6.29. The average Bonchev–Trinajstić information content (AvgIpc) is 2.27. The molecule has 0 fully saturated rings. The van der Waals surface area contributed by atoms with Crippen molar-refractivity contribution in [1.82, 2.24) is 5.32 Å². The molecule has 1 aromatic carbocycles. The first-order valence-electron chi connectivity index (χ1n) is 7.32. The van der Waals surface area contributed by atoms with Gasteiger partial charge in [-0.25, -0.2) is 4.39 Å². The van der Waals surface area contributed by atoms with Gasteiger partial charge in [0.1, 0.15) is 5.82 Å². The largest absolute Gasteiger partial charge is 0.317 e. The number of hydrogen-bond acceptors (Lipinski definition) is 1. The first-order valence-corrected chi connectivity index (χ1v) is 7.32. The van der Waals surface area contributed by atoms with E-state index in [1.165, 1.54) is 12.0 Å². The Kier molecular flexibility index (Phi) is 5.99. The number of nitrogens with one attached hydrogen (secondary N) is 1. The maximum atomic E-state index is 13.3. The normalized spacial score (nSPS) is 11.9. The van der Waals surface area contributed by atoms with Crippen molar-refractivity contribution in [2.24, 2.45) is 5.41 Å². The summed E-state index contributed by atoms with van der Waals surface area (Å²) in [5.74, 6) is -0.120. The lowest BCUT2D eigenvalue weighted by Gasteiger charge is -2.25. The summed E-state index contributed by atoms with van der Waals surface area (Å²) in [5.41, 5.74) is 3.81. The van der Waals surface area contributed by atoms with Crippen LogP contribution >= 0.6 is 0 Å². The van der Waals surface area contributed by atoms with E-state index >= 15 is 0 Å². The standard InChI is InChI=1S/C17H28FN/c1-6-19-10-9-17(4,5)8-7-16-13(2)11-15(18)12-14(16)3/h11-12,19H,6-10H2,1-5H3. The van der Waals surface area contributed by atoms with E-state index in [0.29, 0.717) is 5.41 Å². The van der Waals surface area contributed by atoms with E-state index in [9.17, 15) is 4.39 Å². The Balaban J connectivity index is 2.61. The third-order valence-corrected chi connectivity index (χ3v) is 3.94. The predicted molar refractivity (Wildman–Crippen MR) is 81.1 cm³/mol. The Labute approximate surface area is 117 Å². The highest BCUT2D eigenvalue weighted by Crippen LogP contribution is 2.28. The van der Waals surface area contributed by atoms with Crippen LogP contribution in [-0.4, -0.2) is 13.1 Å². The fraction of sp³-hybridized carbons (Fsp3) is 0.647. The van der Waals surface area contributed by atoms with Crippen LogP contribution in [0.5, 0.6) is 0 Å². The lowest BCUT2D eigenvalue weighted by atomic mass is 9.82. The van der Waals surface area contributed by atoms with E-state index in [4.69, 9.17) is 0 Å². The summed E-state index contributed by atoms with van der Waals surface area (Å²) in [6.07, 6.45) is 3.36. The molecule has 1 N–H and O–H groups in total. The monoisotopic (exact) mass is 265 g/mol. The van der Waals surface area contributed by atoms with Crippen molar-refractivity contribution in [2.75, 3.05) is 13.1 Å². The molecule has 1 aromatic rings. The van der Waals surface area contributed by atoms with E-state index in [0.717, 1.165) is 37.1 Å². The SMILES string of the molecule is CCNCCC(C)(C)CCc1c(C)cc(F)cc1C. The molecule has 0 aliphatic heterocycles. The zero-order chi connectivity index (χ0) is 14.5. The molecule has 0 unspecified atom stereocenters. The van der Waals surface area contributed by atoms with Crippen LogP contribution in [0.1, 0.15) is 50.3 Å². The molecule has 2 heteroatoms. The average molecular weight is 265 g/mol. The molecule has 0 spiro atoms. The van der Waals surface area contributed by atoms with Gasteiger partial charge in [0.15, 0.2) is 0 Å². The van der Waals surface area contributed by atoms with Gasteiger partial charge >= 0.3 is 0 Å². The van der Waals surface area contributed by atoms with Gasteiger partial charge in [-0.3, -0.25) is 0 Å². The van der Waals surface area contributed by atoms with Gasteiger partial charge in [-0.1, -0.05) is 20.8 Å². The Morgan fingerprint density at radius 2 is 1.68 bits per heavy atom. The summed E-state index contributed by atoms with van der Waals surface area (Å²) in [5, 5.41) is 3.38. The molecule has 0 amide bonds. The first kappa shape index (κ1) is 16.2. The van der Waals surface area contributed by atoms with Crippen LogP contribution in [0.15, 0.2) is 12.1 Å². The van der Waals surface area contributed by atoms with Crippen molar-refractivity contribution in [3.8, 4) is 0 Å². The van der Waals surface area contributed by atoms with E-state index in [-0.39, 0.29) is 5.82 Å². The highest BCUT2D eigenvalue weighted by molar-refractivity contribution is 5.34. The molecule has 0 aliphatic carbocycles. The minimum Gasteiger partial charge on any atom is -0.317 e. The Hall–Kier alpha value is -0.890. The Morgan fingerprint density at radius 3 is 2.21 bits per heavy atom. The summed E-state index contributed by atoms with van der Waals surface area (Å²) < 4.78 is 13.3. The Bertz CT molecular complexity index is 387. The molecular formula is C17H28FN. The molecule has 1 nitrogen and oxygen atoms in total. The van der Waals surface area contributed by atoms with Crippen LogP contribution in [0.3, 0.4) is 0 Å². The molecule has 19 heavy (non-hydrogen) atoms. The predicted octanol–water partition coefficient (Wildman–Crippen LogP) is 4.40. The van der Waals surface area contributed by atoms with Crippen LogP contribution < -0.4 is 5.32 Å². The van der Waals surface area contributed by atoms with Gasteiger partial charge in [-0.15, -0.1) is 0 Å². The number of rotatable bonds is 7. The van der Waals surface area contributed by atoms with Gasteiger partial charge in [0.05, 0.1) is 0 Å². The van der Waals surface area contributed by atoms with Crippen LogP contribution in [-0.2, 0) is 6.42 Å². The molecule has 1 rings (SSSR count). The number of benzene rings is 1. The van der Waals surface area contributed by atoms with E-state index in [2.05, 4.69) is 26.1 Å². The molecule has 108 valence electrons. The summed E-state index contributed by atoms with van der Waals surface area (Å²) in [4.78, 5) is 0. The minimum atomic E-state index is -0.120. The minimum absolute atomic E-state index is 0.120. The molecule has 0 saturated heterocycles. The third kappa shape index (κ3) is 5.32. The summed E-state index contributed by atoms with van der Waals surface area (Å²) >= 11 is 0. The summed E-state index contributed by atoms with van der Waals surface area (Å²) in [6.45, 7) is 12.9. The van der Waals surface area contributed by atoms with Crippen molar-refractivity contribution in [3.05, 3.63) is 34.6 Å². The number of halogens is 1. The highest BCUT2D eigenvalue weighted by atomic mass is 19.1. The quantitative estimate of drug-likeness (QED) is 0.720. The van der Waals surface area contributed by atoms with Crippen molar-refractivity contribution in [2.45, 2.75) is 53.9 Å². The second kappa shape index (κ2) is 7.04. The maximum Gasteiger partial charge on any atom is 0.123 e. The van der Waals surface area contributed by atoms with E-state index in [1.807, 2.05) is 13.8 Å². The maximum absolute atomic E-state index is 13.3. The highest BCUT2D eigenvalue weighted by Gasteiger charge is 2.18. The van der Waals surface area contributed by atoms with Crippen LogP contribution in [0.25, 0.3) is 0 Å². The Morgan fingerprint density at radius 1 is 1.11 bits per heavy atom. The molecule has 0 heterocycles. The van der Waals surface area contributed by atoms with Gasteiger partial charge < -0.3 is 5.32 Å². The topological polar surface area (TPSA) is 12.0 Å². The third-order valence-electron chi connectivity index (χ3n) is 3.94. The van der Waals surface area contributed by atoms with Crippen LogP contribution in [0.2, 0.25) is 0 Å². The van der Waals surface area contributed by atoms with Gasteiger partial charge in [0.25, 0.3) is 0 Å². The van der Waals surface area contributed by atoms with Crippen molar-refractivity contribution in [3.63, 3.8) is 0 Å². The molecule has 0 atom stereocenters. The molecule has 0 aromatic heterocycles. The van der Waals surface area contributed by atoms with Crippen molar-refractivity contribution >= 4 is 0 Å². The zero-order valence-electron chi connectivity index (χ0n) is 13.1. The lowest BCUT2D eigenvalue weighted by Crippen LogP contribution is -2.22. The fourth-order valence-electron chi connectivity index (χ4n) is 2.53. The summed E-state index contributed by atoms with van der Waals surface area (Å²) in [7, 11) is 0. The number of hydrogen-bond donors (Lipinski definition) is 1. The zero-order valence-corrected chi connectivity index (χ0v) is 13.1. The van der Waals surface area contributed by atoms with Crippen LogP contribution in [0.4, 0.5) is 4.39 Å². The first-order chi connectivity index (χ1) is 8.85. The lowest BCUT2D eigenvalue weighted by molar-refractivity contribution is 0.303. The fourth-order valence-corrected chi connectivity index (χ4v) is 2.53. The molecule has 0 aliphatic rings. The molecular weight excluding hydrogens is 237 g/mol.